The van der Waals surface area contributed by atoms with Crippen molar-refractivity contribution in [2.45, 2.75) is 58.4 Å². The van der Waals surface area contributed by atoms with Crippen molar-refractivity contribution >= 4 is 33.1 Å². The van der Waals surface area contributed by atoms with Crippen molar-refractivity contribution < 1.29 is 4.79 Å². The molecular weight excluding hydrogens is 374 g/mol. The molecule has 28 heavy (non-hydrogen) atoms. The van der Waals surface area contributed by atoms with E-state index >= 15 is 0 Å². The Balaban J connectivity index is 1.54. The Morgan fingerprint density at radius 2 is 2.04 bits per heavy atom. The van der Waals surface area contributed by atoms with Crippen LogP contribution < -0.4 is 5.69 Å². The first kappa shape index (κ1) is 17.8. The predicted octanol–water partition coefficient (Wildman–Crippen LogP) is 2.63. The summed E-state index contributed by atoms with van der Waals surface area (Å²) in [5.41, 5.74) is 1.66. The molecule has 0 radical (unpaired) electrons. The Hall–Kier alpha value is -2.22. The van der Waals surface area contributed by atoms with Crippen LogP contribution in [0.5, 0.6) is 0 Å². The molecule has 0 aromatic carbocycles. The predicted molar refractivity (Wildman–Crippen MR) is 109 cm³/mol. The van der Waals surface area contributed by atoms with Gasteiger partial charge in [-0.15, -0.1) is 16.4 Å². The number of carbonyl (C=O) groups is 1. The normalized spacial score (nSPS) is 20.5. The number of likely N-dealkylation sites (tertiary alicyclic amines) is 1. The molecule has 8 heteroatoms. The number of amides is 1. The second kappa shape index (κ2) is 6.99. The second-order valence-electron chi connectivity index (χ2n) is 8.21. The maximum absolute atomic E-state index is 12.9. The number of hydrogen-bond acceptors (Lipinski definition) is 5. The van der Waals surface area contributed by atoms with Gasteiger partial charge in [-0.1, -0.05) is 19.8 Å². The summed E-state index contributed by atoms with van der Waals surface area (Å²) in [6, 6.07) is 0. The van der Waals surface area contributed by atoms with Crippen molar-refractivity contribution in [2.24, 2.45) is 5.92 Å². The molecule has 0 N–H and O–H groups in total. The molecule has 1 fully saturated rings. The van der Waals surface area contributed by atoms with E-state index in [1.54, 1.807) is 17.7 Å². The molecule has 1 saturated heterocycles. The molecule has 5 rings (SSSR count). The average molecular weight is 400 g/mol. The van der Waals surface area contributed by atoms with Crippen molar-refractivity contribution in [2.75, 3.05) is 13.1 Å². The smallest absolute Gasteiger partial charge is 0.341 e. The molecule has 0 unspecified atom stereocenters. The van der Waals surface area contributed by atoms with Crippen LogP contribution in [0.15, 0.2) is 11.1 Å². The molecule has 0 bridgehead atoms. The Bertz CT molecular complexity index is 1100. The van der Waals surface area contributed by atoms with Crippen molar-refractivity contribution in [3.05, 3.63) is 27.3 Å². The van der Waals surface area contributed by atoms with Crippen LogP contribution in [0.2, 0.25) is 0 Å². The van der Waals surface area contributed by atoms with Gasteiger partial charge >= 0.3 is 5.69 Å². The third kappa shape index (κ3) is 2.94. The first-order valence-corrected chi connectivity index (χ1v) is 11.1. The zero-order valence-electron chi connectivity index (χ0n) is 16.2. The van der Waals surface area contributed by atoms with Gasteiger partial charge in [-0.3, -0.25) is 4.79 Å². The lowest BCUT2D eigenvalue weighted by molar-refractivity contribution is -0.132. The van der Waals surface area contributed by atoms with Crippen molar-refractivity contribution in [1.82, 2.24) is 24.1 Å². The van der Waals surface area contributed by atoms with Gasteiger partial charge in [0.2, 0.25) is 5.91 Å². The van der Waals surface area contributed by atoms with E-state index < -0.39 is 0 Å². The SMILES string of the molecule is C[C@H]1CCc2c(sc3ncn4c(=O)n(CC(=O)N5CCCCCC5)nc4c23)C1. The van der Waals surface area contributed by atoms with Gasteiger partial charge < -0.3 is 4.90 Å². The van der Waals surface area contributed by atoms with E-state index in [0.29, 0.717) is 11.6 Å². The van der Waals surface area contributed by atoms with E-state index in [4.69, 9.17) is 0 Å². The van der Waals surface area contributed by atoms with Gasteiger partial charge in [-0.25, -0.2) is 18.9 Å². The Morgan fingerprint density at radius 1 is 1.25 bits per heavy atom. The van der Waals surface area contributed by atoms with Gasteiger partial charge in [0.1, 0.15) is 17.7 Å². The van der Waals surface area contributed by atoms with Gasteiger partial charge in [0.05, 0.1) is 5.39 Å². The number of fused-ring (bicyclic) bond motifs is 5. The van der Waals surface area contributed by atoms with Crippen LogP contribution in [0.3, 0.4) is 0 Å². The molecule has 7 nitrogen and oxygen atoms in total. The quantitative estimate of drug-likeness (QED) is 0.664. The van der Waals surface area contributed by atoms with E-state index in [0.717, 1.165) is 55.4 Å². The molecular formula is C20H25N5O2S. The van der Waals surface area contributed by atoms with E-state index in [1.807, 2.05) is 4.90 Å². The van der Waals surface area contributed by atoms with Crippen LogP contribution in [0.1, 0.15) is 49.5 Å². The van der Waals surface area contributed by atoms with E-state index in [-0.39, 0.29) is 18.1 Å². The lowest BCUT2D eigenvalue weighted by Crippen LogP contribution is -2.37. The van der Waals surface area contributed by atoms with Gasteiger partial charge in [0.25, 0.3) is 0 Å². The van der Waals surface area contributed by atoms with Crippen molar-refractivity contribution in [1.29, 1.82) is 0 Å². The minimum absolute atomic E-state index is 0.00533. The second-order valence-corrected chi connectivity index (χ2v) is 9.29. The summed E-state index contributed by atoms with van der Waals surface area (Å²) in [5.74, 6) is 0.667. The third-order valence-corrected chi connectivity index (χ3v) is 7.28. The summed E-state index contributed by atoms with van der Waals surface area (Å²) in [6.45, 7) is 3.85. The molecule has 1 atom stereocenters. The summed E-state index contributed by atoms with van der Waals surface area (Å²) < 4.78 is 2.82. The summed E-state index contributed by atoms with van der Waals surface area (Å²) in [7, 11) is 0. The number of carbonyl (C=O) groups excluding carboxylic acids is 1. The maximum atomic E-state index is 12.9. The molecule has 3 aromatic rings. The van der Waals surface area contributed by atoms with E-state index in [1.165, 1.54) is 32.4 Å². The number of aromatic nitrogens is 4. The van der Waals surface area contributed by atoms with Crippen molar-refractivity contribution in [3.8, 4) is 0 Å². The van der Waals surface area contributed by atoms with Crippen LogP contribution in [0.25, 0.3) is 15.9 Å². The molecule has 1 aliphatic heterocycles. The lowest BCUT2D eigenvalue weighted by atomic mass is 9.89. The molecule has 0 spiro atoms. The zero-order chi connectivity index (χ0) is 19.3. The number of rotatable bonds is 2. The van der Waals surface area contributed by atoms with Gasteiger partial charge in [0, 0.05) is 18.0 Å². The summed E-state index contributed by atoms with van der Waals surface area (Å²) >= 11 is 1.72. The van der Waals surface area contributed by atoms with Gasteiger partial charge in [-0.05, 0) is 43.6 Å². The fourth-order valence-corrected chi connectivity index (χ4v) is 5.86. The molecule has 3 aromatic heterocycles. The first-order chi connectivity index (χ1) is 13.6. The largest absolute Gasteiger partial charge is 0.352 e. The van der Waals surface area contributed by atoms with Crippen molar-refractivity contribution in [3.63, 3.8) is 0 Å². The number of hydrogen-bond donors (Lipinski definition) is 0. The minimum Gasteiger partial charge on any atom is -0.341 e. The monoisotopic (exact) mass is 399 g/mol. The minimum atomic E-state index is -0.281. The van der Waals surface area contributed by atoms with Crippen LogP contribution in [-0.4, -0.2) is 43.1 Å². The molecule has 4 heterocycles. The number of aryl methyl sites for hydroxylation is 1. The first-order valence-electron chi connectivity index (χ1n) is 10.3. The highest BCUT2D eigenvalue weighted by Crippen LogP contribution is 2.38. The standard InChI is InChI=1S/C20H25N5O2S/c1-13-6-7-14-15(10-13)28-19-17(14)18-22-25(20(27)24(18)12-21-19)11-16(26)23-8-4-2-3-5-9-23/h12-13H,2-11H2,1H3/t13-/m0/s1. The van der Waals surface area contributed by atoms with Crippen LogP contribution >= 0.6 is 11.3 Å². The number of thiophene rings is 1. The molecule has 1 amide bonds. The molecule has 148 valence electrons. The Morgan fingerprint density at radius 3 is 2.82 bits per heavy atom. The summed E-state index contributed by atoms with van der Waals surface area (Å²) in [5, 5.41) is 5.59. The zero-order valence-corrected chi connectivity index (χ0v) is 17.0. The lowest BCUT2D eigenvalue weighted by Gasteiger charge is -2.19. The van der Waals surface area contributed by atoms with Crippen LogP contribution in [-0.2, 0) is 24.2 Å². The fourth-order valence-electron chi connectivity index (χ4n) is 4.51. The Labute approximate surface area is 167 Å². The maximum Gasteiger partial charge on any atom is 0.352 e. The molecule has 1 aliphatic carbocycles. The van der Waals surface area contributed by atoms with Gasteiger partial charge in [-0.2, -0.15) is 0 Å². The molecule has 0 saturated carbocycles. The van der Waals surface area contributed by atoms with Crippen LogP contribution in [0.4, 0.5) is 0 Å². The van der Waals surface area contributed by atoms with Crippen LogP contribution in [0, 0.1) is 5.92 Å². The van der Waals surface area contributed by atoms with E-state index in [9.17, 15) is 9.59 Å². The summed E-state index contributed by atoms with van der Waals surface area (Å²) in [6.07, 6.45) is 9.20. The topological polar surface area (TPSA) is 72.5 Å². The Kier molecular flexibility index (Phi) is 4.45. The highest BCUT2D eigenvalue weighted by atomic mass is 32.1. The average Bonchev–Trinajstić information content (AvgIpc) is 3.04. The fraction of sp³-hybridized carbons (Fsp3) is 0.600. The molecule has 2 aliphatic rings. The highest BCUT2D eigenvalue weighted by Gasteiger charge is 2.25. The highest BCUT2D eigenvalue weighted by molar-refractivity contribution is 7.19. The number of nitrogens with zero attached hydrogens (tertiary/aromatic N) is 5. The van der Waals surface area contributed by atoms with Gasteiger partial charge in [0.15, 0.2) is 5.65 Å². The summed E-state index contributed by atoms with van der Waals surface area (Å²) in [4.78, 5) is 34.3. The van der Waals surface area contributed by atoms with E-state index in [2.05, 4.69) is 17.0 Å². The third-order valence-electron chi connectivity index (χ3n) is 6.12.